The van der Waals surface area contributed by atoms with E-state index in [-0.39, 0.29) is 10.7 Å². The summed E-state index contributed by atoms with van der Waals surface area (Å²) in [4.78, 5) is 48.9. The lowest BCUT2D eigenvalue weighted by Gasteiger charge is -2.09. The molecule has 1 saturated heterocycles. The van der Waals surface area contributed by atoms with Crippen molar-refractivity contribution < 1.29 is 28.7 Å². The minimum absolute atomic E-state index is 0.150. The average Bonchev–Trinajstić information content (AvgIpc) is 2.95. The normalized spacial score (nSPS) is 15.0. The Bertz CT molecular complexity index is 1040. The number of esters is 2. The molecule has 0 N–H and O–H groups in total. The van der Waals surface area contributed by atoms with Crippen LogP contribution in [-0.2, 0) is 14.3 Å². The van der Waals surface area contributed by atoms with Crippen LogP contribution >= 0.6 is 23.4 Å². The highest BCUT2D eigenvalue weighted by Gasteiger charge is 2.36. The minimum atomic E-state index is -0.691. The number of amides is 2. The summed E-state index contributed by atoms with van der Waals surface area (Å²) in [5, 5.41) is -0.147. The lowest BCUT2D eigenvalue weighted by molar-refractivity contribution is -0.143. The second-order valence-electron chi connectivity index (χ2n) is 5.82. The van der Waals surface area contributed by atoms with Crippen molar-refractivity contribution >= 4 is 52.5 Å². The van der Waals surface area contributed by atoms with Gasteiger partial charge in [0, 0.05) is 5.02 Å². The molecule has 0 saturated carbocycles. The van der Waals surface area contributed by atoms with Gasteiger partial charge in [0.25, 0.3) is 11.1 Å². The van der Waals surface area contributed by atoms with Crippen molar-refractivity contribution in [3.63, 3.8) is 0 Å². The molecule has 148 valence electrons. The number of hydrogen-bond donors (Lipinski definition) is 0. The number of benzene rings is 2. The van der Waals surface area contributed by atoms with Gasteiger partial charge in [0.15, 0.2) is 0 Å². The van der Waals surface area contributed by atoms with Crippen LogP contribution in [0.4, 0.5) is 4.79 Å². The largest absolute Gasteiger partial charge is 0.468 e. The summed E-state index contributed by atoms with van der Waals surface area (Å²) in [7, 11) is 1.17. The van der Waals surface area contributed by atoms with Crippen molar-refractivity contribution in [3.05, 3.63) is 69.6 Å². The van der Waals surface area contributed by atoms with E-state index >= 15 is 0 Å². The average molecular weight is 432 g/mol. The summed E-state index contributed by atoms with van der Waals surface area (Å²) in [6.45, 7) is -0.449. The number of carbonyl (C=O) groups excluding carboxylic acids is 4. The molecule has 2 aromatic rings. The minimum Gasteiger partial charge on any atom is -0.468 e. The first-order chi connectivity index (χ1) is 13.9. The van der Waals surface area contributed by atoms with Gasteiger partial charge in [0.1, 0.15) is 12.3 Å². The fraction of sp³-hybridized carbons (Fsp3) is 0.100. The molecule has 9 heteroatoms. The van der Waals surface area contributed by atoms with Crippen molar-refractivity contribution in [1.29, 1.82) is 0 Å². The summed E-state index contributed by atoms with van der Waals surface area (Å²) in [6, 6.07) is 12.8. The maximum absolute atomic E-state index is 12.4. The number of halogens is 1. The number of carbonyl (C=O) groups is 4. The van der Waals surface area contributed by atoms with Gasteiger partial charge in [-0.3, -0.25) is 19.3 Å². The van der Waals surface area contributed by atoms with E-state index in [1.807, 2.05) is 0 Å². The van der Waals surface area contributed by atoms with Gasteiger partial charge in [0.05, 0.1) is 17.6 Å². The maximum Gasteiger partial charge on any atom is 0.343 e. The van der Waals surface area contributed by atoms with E-state index in [0.717, 1.165) is 4.90 Å². The molecule has 0 bridgehead atoms. The van der Waals surface area contributed by atoms with E-state index in [9.17, 15) is 19.2 Å². The van der Waals surface area contributed by atoms with Crippen molar-refractivity contribution in [3.8, 4) is 5.75 Å². The molecule has 0 unspecified atom stereocenters. The Morgan fingerprint density at radius 3 is 2.62 bits per heavy atom. The lowest BCUT2D eigenvalue weighted by Crippen LogP contribution is -2.34. The standard InChI is InChI=1S/C20H14ClNO6S/c1-27-17(23)11-22-18(24)16(29-20(22)26)9-12-4-2-7-15(8-12)28-19(25)13-5-3-6-14(21)10-13/h2-10H,11H2,1H3/b16-9-. The molecule has 1 aliphatic heterocycles. The monoisotopic (exact) mass is 431 g/mol. The molecule has 0 aliphatic carbocycles. The number of rotatable bonds is 5. The van der Waals surface area contributed by atoms with Gasteiger partial charge < -0.3 is 9.47 Å². The van der Waals surface area contributed by atoms with Gasteiger partial charge in [-0.05, 0) is 53.7 Å². The van der Waals surface area contributed by atoms with Crippen LogP contribution < -0.4 is 4.74 Å². The molecule has 3 rings (SSSR count). The Morgan fingerprint density at radius 1 is 1.14 bits per heavy atom. The van der Waals surface area contributed by atoms with E-state index in [1.165, 1.54) is 19.3 Å². The number of ether oxygens (including phenoxy) is 2. The fourth-order valence-electron chi connectivity index (χ4n) is 2.43. The first kappa shape index (κ1) is 20.6. The van der Waals surface area contributed by atoms with E-state index in [0.29, 0.717) is 27.9 Å². The molecule has 29 heavy (non-hydrogen) atoms. The van der Waals surface area contributed by atoms with Crippen LogP contribution in [0.1, 0.15) is 15.9 Å². The maximum atomic E-state index is 12.4. The SMILES string of the molecule is COC(=O)CN1C(=O)S/C(=C\c2cccc(OC(=O)c3cccc(Cl)c3)c2)C1=O. The van der Waals surface area contributed by atoms with Gasteiger partial charge in [-0.25, -0.2) is 4.79 Å². The Kier molecular flexibility index (Phi) is 6.36. The summed E-state index contributed by atoms with van der Waals surface area (Å²) in [5.74, 6) is -1.60. The number of imide groups is 1. The Labute approximate surface area is 175 Å². The molecule has 1 fully saturated rings. The molecule has 0 spiro atoms. The molecule has 1 heterocycles. The van der Waals surface area contributed by atoms with Crippen LogP contribution in [0.2, 0.25) is 5.02 Å². The number of methoxy groups -OCH3 is 1. The highest BCUT2D eigenvalue weighted by Crippen LogP contribution is 2.32. The van der Waals surface area contributed by atoms with Crippen LogP contribution in [0.5, 0.6) is 5.75 Å². The first-order valence-corrected chi connectivity index (χ1v) is 9.47. The molecule has 2 amide bonds. The smallest absolute Gasteiger partial charge is 0.343 e. The number of nitrogens with zero attached hydrogens (tertiary/aromatic N) is 1. The Hall–Kier alpha value is -3.10. The molecule has 7 nitrogen and oxygen atoms in total. The Morgan fingerprint density at radius 2 is 1.90 bits per heavy atom. The van der Waals surface area contributed by atoms with Gasteiger partial charge in [0.2, 0.25) is 0 Å². The van der Waals surface area contributed by atoms with Gasteiger partial charge in [-0.2, -0.15) is 0 Å². The zero-order valence-corrected chi connectivity index (χ0v) is 16.7. The number of thioether (sulfide) groups is 1. The highest BCUT2D eigenvalue weighted by molar-refractivity contribution is 8.18. The van der Waals surface area contributed by atoms with Crippen LogP contribution in [0.15, 0.2) is 53.4 Å². The van der Waals surface area contributed by atoms with E-state index in [2.05, 4.69) is 4.74 Å². The van der Waals surface area contributed by atoms with Crippen molar-refractivity contribution in [1.82, 2.24) is 4.90 Å². The van der Waals surface area contributed by atoms with Crippen molar-refractivity contribution in [2.45, 2.75) is 0 Å². The summed E-state index contributed by atoms with van der Waals surface area (Å²) in [5.41, 5.74) is 0.844. The molecule has 1 aliphatic rings. The molecular weight excluding hydrogens is 418 g/mol. The molecule has 0 radical (unpaired) electrons. The Balaban J connectivity index is 1.76. The van der Waals surface area contributed by atoms with Crippen LogP contribution in [0.3, 0.4) is 0 Å². The molecule has 0 aromatic heterocycles. The van der Waals surface area contributed by atoms with Gasteiger partial charge in [-0.15, -0.1) is 0 Å². The lowest BCUT2D eigenvalue weighted by atomic mass is 10.2. The van der Waals surface area contributed by atoms with Crippen molar-refractivity contribution in [2.75, 3.05) is 13.7 Å². The second kappa shape index (κ2) is 8.93. The van der Waals surface area contributed by atoms with E-state index in [4.69, 9.17) is 16.3 Å². The van der Waals surface area contributed by atoms with Crippen LogP contribution in [0, 0.1) is 0 Å². The quantitative estimate of drug-likeness (QED) is 0.404. The van der Waals surface area contributed by atoms with E-state index < -0.39 is 29.6 Å². The first-order valence-electron chi connectivity index (χ1n) is 8.27. The predicted molar refractivity (Wildman–Crippen MR) is 108 cm³/mol. The predicted octanol–water partition coefficient (Wildman–Crippen LogP) is 3.77. The van der Waals surface area contributed by atoms with E-state index in [1.54, 1.807) is 42.5 Å². The highest BCUT2D eigenvalue weighted by atomic mass is 35.5. The topological polar surface area (TPSA) is 90.0 Å². The third-order valence-electron chi connectivity index (χ3n) is 3.82. The summed E-state index contributed by atoms with van der Waals surface area (Å²) in [6.07, 6.45) is 1.49. The van der Waals surface area contributed by atoms with Crippen LogP contribution in [-0.4, -0.2) is 41.6 Å². The number of hydrogen-bond acceptors (Lipinski definition) is 7. The summed E-state index contributed by atoms with van der Waals surface area (Å²) < 4.78 is 9.83. The molecular formula is C20H14ClNO6S. The summed E-state index contributed by atoms with van der Waals surface area (Å²) >= 11 is 6.60. The van der Waals surface area contributed by atoms with Gasteiger partial charge in [-0.1, -0.05) is 29.8 Å². The zero-order valence-electron chi connectivity index (χ0n) is 15.1. The molecule has 2 aromatic carbocycles. The fourth-order valence-corrected chi connectivity index (χ4v) is 3.46. The third kappa shape index (κ3) is 5.04. The van der Waals surface area contributed by atoms with Crippen LogP contribution in [0.25, 0.3) is 6.08 Å². The third-order valence-corrected chi connectivity index (χ3v) is 4.96. The van der Waals surface area contributed by atoms with Crippen molar-refractivity contribution in [2.24, 2.45) is 0 Å². The zero-order chi connectivity index (χ0) is 21.0. The molecule has 0 atom stereocenters. The second-order valence-corrected chi connectivity index (χ2v) is 7.25. The van der Waals surface area contributed by atoms with Gasteiger partial charge >= 0.3 is 11.9 Å².